The van der Waals surface area contributed by atoms with E-state index in [0.717, 1.165) is 23.3 Å². The fraction of sp³-hybridized carbons (Fsp3) is 0.154. The summed E-state index contributed by atoms with van der Waals surface area (Å²) in [6.07, 6.45) is -5.29. The maximum atomic E-state index is 13.8. The Balaban J connectivity index is 0.000000815. The molecule has 2 amide bonds. The highest BCUT2D eigenvalue weighted by Gasteiger charge is 2.38. The molecule has 0 unspecified atom stereocenters. The number of hydrogen-bond donors (Lipinski definition) is 3. The Labute approximate surface area is 301 Å². The monoisotopic (exact) mass is 735 g/mol. The van der Waals surface area contributed by atoms with Crippen LogP contribution in [0.5, 0.6) is 23.0 Å². The Hall–Kier alpha value is -6.28. The number of nitrogens with two attached hydrogens (primary N) is 1. The lowest BCUT2D eigenvalue weighted by Gasteiger charge is -2.25. The maximum Gasteiger partial charge on any atom is 0.490 e. The summed E-state index contributed by atoms with van der Waals surface area (Å²) in [5, 5.41) is 9.79. The average Bonchev–Trinajstić information content (AvgIpc) is 3.14. The van der Waals surface area contributed by atoms with Gasteiger partial charge in [0.15, 0.2) is 17.4 Å². The van der Waals surface area contributed by atoms with Gasteiger partial charge in [-0.05, 0) is 77.4 Å². The second kappa shape index (κ2) is 18.8. The van der Waals surface area contributed by atoms with Crippen LogP contribution in [-0.4, -0.2) is 29.1 Å². The molecule has 0 bridgehead atoms. The molecular formula is C39H34F5N3O6. The number of nitrogens with one attached hydrogen (secondary N) is 1. The van der Waals surface area contributed by atoms with Crippen LogP contribution in [0.3, 0.4) is 0 Å². The largest absolute Gasteiger partial charge is 0.490 e. The molecule has 4 N–H and O–H groups in total. The van der Waals surface area contributed by atoms with Crippen molar-refractivity contribution < 1.29 is 50.9 Å². The molecule has 0 aliphatic carbocycles. The van der Waals surface area contributed by atoms with Crippen molar-refractivity contribution >= 4 is 23.5 Å². The van der Waals surface area contributed by atoms with Crippen LogP contribution in [0.4, 0.5) is 27.6 Å². The first kappa shape index (κ1) is 39.5. The van der Waals surface area contributed by atoms with Gasteiger partial charge in [0.2, 0.25) is 11.8 Å². The van der Waals surface area contributed by atoms with Gasteiger partial charge in [0, 0.05) is 25.9 Å². The van der Waals surface area contributed by atoms with E-state index < -0.39 is 29.7 Å². The normalized spacial score (nSPS) is 10.8. The van der Waals surface area contributed by atoms with Crippen LogP contribution in [0.2, 0.25) is 0 Å². The van der Waals surface area contributed by atoms with Crippen LogP contribution in [-0.2, 0) is 34.0 Å². The van der Waals surface area contributed by atoms with Gasteiger partial charge in [-0.2, -0.15) is 13.2 Å². The number of ether oxygens (including phenoxy) is 2. The van der Waals surface area contributed by atoms with Crippen LogP contribution in [0.15, 0.2) is 121 Å². The van der Waals surface area contributed by atoms with Gasteiger partial charge in [-0.1, -0.05) is 60.7 Å². The number of anilines is 1. The maximum absolute atomic E-state index is 13.8. The van der Waals surface area contributed by atoms with Crippen molar-refractivity contribution in [3.63, 3.8) is 0 Å². The number of para-hydroxylation sites is 3. The van der Waals surface area contributed by atoms with Crippen LogP contribution in [0, 0.1) is 11.6 Å². The molecule has 0 aliphatic rings. The zero-order valence-corrected chi connectivity index (χ0v) is 28.0. The molecule has 0 saturated carbocycles. The van der Waals surface area contributed by atoms with E-state index in [1.165, 1.54) is 6.07 Å². The number of carbonyl (C=O) groups is 3. The minimum absolute atomic E-state index is 0.00385. The summed E-state index contributed by atoms with van der Waals surface area (Å²) in [6, 6.07) is 34.8. The molecule has 276 valence electrons. The highest BCUT2D eigenvalue weighted by atomic mass is 19.4. The van der Waals surface area contributed by atoms with Gasteiger partial charge in [0.1, 0.15) is 17.2 Å². The number of alkyl halides is 3. The fourth-order valence-corrected chi connectivity index (χ4v) is 4.70. The number of nitrogens with zero attached hydrogens (tertiary/aromatic N) is 1. The number of halogens is 5. The van der Waals surface area contributed by atoms with Crippen molar-refractivity contribution in [2.75, 3.05) is 4.90 Å². The molecule has 53 heavy (non-hydrogen) atoms. The Bertz CT molecular complexity index is 1990. The summed E-state index contributed by atoms with van der Waals surface area (Å²) < 4.78 is 70.7. The molecule has 5 rings (SSSR count). The molecular weight excluding hydrogens is 701 g/mol. The number of carboxylic acids is 1. The zero-order valence-electron chi connectivity index (χ0n) is 28.0. The number of carbonyl (C=O) groups excluding carboxylic acids is 2. The summed E-state index contributed by atoms with van der Waals surface area (Å²) in [5.41, 5.74) is 8.47. The molecule has 5 aromatic carbocycles. The Morgan fingerprint density at radius 3 is 1.96 bits per heavy atom. The van der Waals surface area contributed by atoms with Gasteiger partial charge >= 0.3 is 12.1 Å². The molecule has 0 heterocycles. The van der Waals surface area contributed by atoms with E-state index in [1.807, 2.05) is 91.0 Å². The topological polar surface area (TPSA) is 131 Å². The summed E-state index contributed by atoms with van der Waals surface area (Å²) in [4.78, 5) is 36.9. The summed E-state index contributed by atoms with van der Waals surface area (Å²) >= 11 is 0. The molecule has 9 nitrogen and oxygen atoms in total. The highest BCUT2D eigenvalue weighted by molar-refractivity contribution is 5.96. The third-order valence-electron chi connectivity index (χ3n) is 7.34. The number of aliphatic carboxylic acids is 1. The van der Waals surface area contributed by atoms with E-state index >= 15 is 0 Å². The third kappa shape index (κ3) is 12.5. The Morgan fingerprint density at radius 2 is 1.30 bits per heavy atom. The van der Waals surface area contributed by atoms with E-state index in [4.69, 9.17) is 25.1 Å². The van der Waals surface area contributed by atoms with Gasteiger partial charge in [-0.25, -0.2) is 13.6 Å². The lowest BCUT2D eigenvalue weighted by atomic mass is 10.1. The first-order chi connectivity index (χ1) is 25.3. The van der Waals surface area contributed by atoms with Crippen molar-refractivity contribution in [1.82, 2.24) is 5.32 Å². The van der Waals surface area contributed by atoms with Crippen LogP contribution >= 0.6 is 0 Å². The van der Waals surface area contributed by atoms with Gasteiger partial charge < -0.3 is 30.5 Å². The van der Waals surface area contributed by atoms with Gasteiger partial charge in [0.25, 0.3) is 0 Å². The minimum Gasteiger partial charge on any atom is -0.475 e. The van der Waals surface area contributed by atoms with Gasteiger partial charge in [0.05, 0.1) is 12.2 Å². The molecule has 0 aliphatic heterocycles. The summed E-state index contributed by atoms with van der Waals surface area (Å²) in [6.45, 7) is 0.555. The van der Waals surface area contributed by atoms with Gasteiger partial charge in [-0.3, -0.25) is 9.59 Å². The van der Waals surface area contributed by atoms with Crippen molar-refractivity contribution in [3.8, 4) is 23.0 Å². The third-order valence-corrected chi connectivity index (χ3v) is 7.34. The standard InChI is InChI=1S/C37H33F2N3O4.C2HF3O2/c38-32-18-15-28(22-33(32)39)24-41-36(43)19-20-37(44)42(25-26-13-16-30(17-14-26)45-29-8-2-1-3-9-29)34-11-4-5-12-35(34)46-31-10-6-7-27(21-31)23-40;3-2(4,5)1(6)7/h1-18,21-22H,19-20,23-25,40H2,(H,41,43);(H,6,7). The lowest BCUT2D eigenvalue weighted by Crippen LogP contribution is -2.32. The quantitative estimate of drug-likeness (QED) is 0.104. The zero-order chi connectivity index (χ0) is 38.4. The van der Waals surface area contributed by atoms with Crippen molar-refractivity contribution in [2.24, 2.45) is 5.73 Å². The predicted octanol–water partition coefficient (Wildman–Crippen LogP) is 8.27. The van der Waals surface area contributed by atoms with E-state index in [-0.39, 0.29) is 31.8 Å². The van der Waals surface area contributed by atoms with Crippen molar-refractivity contribution in [1.29, 1.82) is 0 Å². The summed E-state index contributed by atoms with van der Waals surface area (Å²) in [5.74, 6) is -3.04. The van der Waals surface area contributed by atoms with E-state index in [9.17, 15) is 31.5 Å². The van der Waals surface area contributed by atoms with Crippen LogP contribution in [0.1, 0.15) is 29.5 Å². The number of hydrogen-bond acceptors (Lipinski definition) is 6. The molecule has 0 saturated heterocycles. The first-order valence-corrected chi connectivity index (χ1v) is 16.0. The van der Waals surface area contributed by atoms with E-state index in [0.29, 0.717) is 40.8 Å². The summed E-state index contributed by atoms with van der Waals surface area (Å²) in [7, 11) is 0. The van der Waals surface area contributed by atoms with E-state index in [1.54, 1.807) is 17.0 Å². The van der Waals surface area contributed by atoms with Crippen molar-refractivity contribution in [3.05, 3.63) is 150 Å². The van der Waals surface area contributed by atoms with Crippen molar-refractivity contribution in [2.45, 2.75) is 38.7 Å². The number of benzene rings is 5. The highest BCUT2D eigenvalue weighted by Crippen LogP contribution is 2.34. The molecule has 0 atom stereocenters. The number of amides is 2. The molecule has 0 spiro atoms. The molecule has 0 fully saturated rings. The second-order valence-corrected chi connectivity index (χ2v) is 11.3. The smallest absolute Gasteiger partial charge is 0.475 e. The molecule has 0 radical (unpaired) electrons. The number of rotatable bonds is 13. The van der Waals surface area contributed by atoms with Gasteiger partial charge in [-0.15, -0.1) is 0 Å². The molecule has 5 aromatic rings. The SMILES string of the molecule is NCc1cccc(Oc2ccccc2N(Cc2ccc(Oc3ccccc3)cc2)C(=O)CCC(=O)NCc2ccc(F)c(F)c2)c1.O=C(O)C(F)(F)F. The average molecular weight is 736 g/mol. The fourth-order valence-electron chi connectivity index (χ4n) is 4.70. The predicted molar refractivity (Wildman–Crippen MR) is 186 cm³/mol. The minimum atomic E-state index is -5.08. The Morgan fingerprint density at radius 1 is 0.679 bits per heavy atom. The second-order valence-electron chi connectivity index (χ2n) is 11.3. The molecule has 14 heteroatoms. The Kier molecular flexibility index (Phi) is 14.0. The lowest BCUT2D eigenvalue weighted by molar-refractivity contribution is -0.192. The number of carboxylic acid groups (broad SMARTS) is 1. The molecule has 0 aromatic heterocycles. The van der Waals surface area contributed by atoms with Crippen LogP contribution in [0.25, 0.3) is 0 Å². The van der Waals surface area contributed by atoms with Crippen LogP contribution < -0.4 is 25.4 Å². The van der Waals surface area contributed by atoms with E-state index in [2.05, 4.69) is 5.32 Å². The first-order valence-electron chi connectivity index (χ1n) is 16.0.